The van der Waals surface area contributed by atoms with Crippen LogP contribution < -0.4 is 0 Å². The molecular weight excluding hydrogens is 266 g/mol. The van der Waals surface area contributed by atoms with Gasteiger partial charge >= 0.3 is 0 Å². The van der Waals surface area contributed by atoms with E-state index in [1.807, 2.05) is 14.1 Å². The molecule has 2 nitrogen and oxygen atoms in total. The smallest absolute Gasteiger partial charge is 0.0474 e. The standard InChI is InChI=1S/C13H20BrNO/c1-9-7-11(5-6-12(9)14)13(15(3)4)10(2)8-16/h5-7,10,13,16H,8H2,1-4H3. The largest absolute Gasteiger partial charge is 0.396 e. The normalized spacial score (nSPS) is 15.2. The molecule has 1 aromatic rings. The second-order valence-electron chi connectivity index (χ2n) is 4.58. The van der Waals surface area contributed by atoms with Crippen molar-refractivity contribution < 1.29 is 5.11 Å². The molecule has 0 saturated heterocycles. The highest BCUT2D eigenvalue weighted by molar-refractivity contribution is 9.10. The number of aliphatic hydroxyl groups excluding tert-OH is 1. The zero-order valence-electron chi connectivity index (χ0n) is 10.4. The summed E-state index contributed by atoms with van der Waals surface area (Å²) in [5.74, 6) is 0.232. The average Bonchev–Trinajstić information content (AvgIpc) is 2.22. The lowest BCUT2D eigenvalue weighted by molar-refractivity contribution is 0.145. The third kappa shape index (κ3) is 3.06. The highest BCUT2D eigenvalue weighted by Gasteiger charge is 2.21. The minimum Gasteiger partial charge on any atom is -0.396 e. The number of benzene rings is 1. The van der Waals surface area contributed by atoms with Crippen LogP contribution >= 0.6 is 15.9 Å². The lowest BCUT2D eigenvalue weighted by atomic mass is 9.93. The molecule has 0 fully saturated rings. The number of hydrogen-bond donors (Lipinski definition) is 1. The Hall–Kier alpha value is -0.380. The van der Waals surface area contributed by atoms with Gasteiger partial charge in [0.2, 0.25) is 0 Å². The van der Waals surface area contributed by atoms with E-state index in [0.29, 0.717) is 0 Å². The molecule has 2 atom stereocenters. The number of halogens is 1. The number of aliphatic hydroxyl groups is 1. The molecule has 0 saturated carbocycles. The third-order valence-electron chi connectivity index (χ3n) is 2.91. The first kappa shape index (κ1) is 13.7. The molecule has 3 heteroatoms. The lowest BCUT2D eigenvalue weighted by Crippen LogP contribution is -2.27. The summed E-state index contributed by atoms with van der Waals surface area (Å²) in [7, 11) is 4.10. The summed E-state index contributed by atoms with van der Waals surface area (Å²) < 4.78 is 1.13. The lowest BCUT2D eigenvalue weighted by Gasteiger charge is -2.29. The van der Waals surface area contributed by atoms with Gasteiger partial charge in [-0.3, -0.25) is 0 Å². The Morgan fingerprint density at radius 2 is 2.00 bits per heavy atom. The van der Waals surface area contributed by atoms with Crippen LogP contribution in [-0.4, -0.2) is 30.7 Å². The Morgan fingerprint density at radius 1 is 1.38 bits per heavy atom. The van der Waals surface area contributed by atoms with Gasteiger partial charge in [0.25, 0.3) is 0 Å². The zero-order chi connectivity index (χ0) is 12.3. The first-order chi connectivity index (χ1) is 7.47. The Labute approximate surface area is 106 Å². The molecule has 90 valence electrons. The molecule has 0 aliphatic carbocycles. The van der Waals surface area contributed by atoms with Crippen molar-refractivity contribution >= 4 is 15.9 Å². The van der Waals surface area contributed by atoms with Gasteiger partial charge in [0.05, 0.1) is 0 Å². The number of rotatable bonds is 4. The quantitative estimate of drug-likeness (QED) is 0.919. The fourth-order valence-electron chi connectivity index (χ4n) is 2.09. The first-order valence-electron chi connectivity index (χ1n) is 5.50. The maximum atomic E-state index is 9.30. The molecular formula is C13H20BrNO. The van der Waals surface area contributed by atoms with Gasteiger partial charge in [-0.25, -0.2) is 0 Å². The minimum atomic E-state index is 0.206. The Morgan fingerprint density at radius 3 is 2.44 bits per heavy atom. The zero-order valence-corrected chi connectivity index (χ0v) is 12.0. The predicted octanol–water partition coefficient (Wildman–Crippen LogP) is 2.99. The van der Waals surface area contributed by atoms with Crippen LogP contribution in [0.4, 0.5) is 0 Å². The van der Waals surface area contributed by atoms with Crippen LogP contribution in [0.15, 0.2) is 22.7 Å². The van der Waals surface area contributed by atoms with E-state index in [0.717, 1.165) is 4.47 Å². The van der Waals surface area contributed by atoms with Crippen molar-refractivity contribution in [2.75, 3.05) is 20.7 Å². The number of nitrogens with zero attached hydrogens (tertiary/aromatic N) is 1. The van der Waals surface area contributed by atoms with Crippen molar-refractivity contribution in [2.45, 2.75) is 19.9 Å². The molecule has 2 unspecified atom stereocenters. The van der Waals surface area contributed by atoms with Crippen molar-refractivity contribution in [3.63, 3.8) is 0 Å². The second-order valence-corrected chi connectivity index (χ2v) is 5.43. The van der Waals surface area contributed by atoms with E-state index in [2.05, 4.69) is 52.9 Å². The van der Waals surface area contributed by atoms with E-state index in [1.54, 1.807) is 0 Å². The van der Waals surface area contributed by atoms with E-state index >= 15 is 0 Å². The summed E-state index contributed by atoms with van der Waals surface area (Å²) in [6, 6.07) is 6.64. The molecule has 0 radical (unpaired) electrons. The molecule has 1 N–H and O–H groups in total. The molecule has 0 aromatic heterocycles. The number of aryl methyl sites for hydroxylation is 1. The average molecular weight is 286 g/mol. The first-order valence-corrected chi connectivity index (χ1v) is 6.30. The van der Waals surface area contributed by atoms with Crippen LogP contribution in [-0.2, 0) is 0 Å². The highest BCUT2D eigenvalue weighted by atomic mass is 79.9. The van der Waals surface area contributed by atoms with E-state index in [9.17, 15) is 5.11 Å². The van der Waals surface area contributed by atoms with Crippen molar-refractivity contribution in [3.8, 4) is 0 Å². The monoisotopic (exact) mass is 285 g/mol. The van der Waals surface area contributed by atoms with Crippen LogP contribution in [0.3, 0.4) is 0 Å². The van der Waals surface area contributed by atoms with Crippen LogP contribution in [0.1, 0.15) is 24.1 Å². The van der Waals surface area contributed by atoms with Gasteiger partial charge in [-0.1, -0.05) is 35.0 Å². The summed E-state index contributed by atoms with van der Waals surface area (Å²) in [5.41, 5.74) is 2.49. The van der Waals surface area contributed by atoms with Crippen molar-refractivity contribution in [3.05, 3.63) is 33.8 Å². The van der Waals surface area contributed by atoms with Gasteiger partial charge < -0.3 is 10.0 Å². The van der Waals surface area contributed by atoms with Crippen LogP contribution in [0.5, 0.6) is 0 Å². The Kier molecular flexibility index (Phi) is 4.96. The molecule has 1 aromatic carbocycles. The molecule has 0 bridgehead atoms. The molecule has 0 aliphatic rings. The minimum absolute atomic E-state index is 0.206. The van der Waals surface area contributed by atoms with Gasteiger partial charge in [-0.15, -0.1) is 0 Å². The summed E-state index contributed by atoms with van der Waals surface area (Å²) >= 11 is 3.51. The molecule has 0 amide bonds. The van der Waals surface area contributed by atoms with Crippen molar-refractivity contribution in [2.24, 2.45) is 5.92 Å². The summed E-state index contributed by atoms with van der Waals surface area (Å²) in [6.45, 7) is 4.36. The number of hydrogen-bond acceptors (Lipinski definition) is 2. The molecule has 1 rings (SSSR count). The van der Waals surface area contributed by atoms with Gasteiger partial charge in [-0.05, 0) is 44.1 Å². The van der Waals surface area contributed by atoms with Gasteiger partial charge in [0.15, 0.2) is 0 Å². The summed E-state index contributed by atoms with van der Waals surface area (Å²) in [6.07, 6.45) is 0. The maximum Gasteiger partial charge on any atom is 0.0474 e. The van der Waals surface area contributed by atoms with Gasteiger partial charge in [0, 0.05) is 17.1 Å². The van der Waals surface area contributed by atoms with Crippen molar-refractivity contribution in [1.82, 2.24) is 4.90 Å². The van der Waals surface area contributed by atoms with E-state index < -0.39 is 0 Å². The van der Waals surface area contributed by atoms with Gasteiger partial charge in [-0.2, -0.15) is 0 Å². The van der Waals surface area contributed by atoms with Crippen LogP contribution in [0.25, 0.3) is 0 Å². The van der Waals surface area contributed by atoms with E-state index in [-0.39, 0.29) is 18.6 Å². The molecule has 0 spiro atoms. The summed E-state index contributed by atoms with van der Waals surface area (Å²) in [5, 5.41) is 9.30. The second kappa shape index (κ2) is 5.80. The van der Waals surface area contributed by atoms with Crippen LogP contribution in [0.2, 0.25) is 0 Å². The van der Waals surface area contributed by atoms with E-state index in [1.165, 1.54) is 11.1 Å². The molecule has 0 heterocycles. The topological polar surface area (TPSA) is 23.5 Å². The maximum absolute atomic E-state index is 9.30. The Bertz CT molecular complexity index is 352. The van der Waals surface area contributed by atoms with Crippen LogP contribution in [0, 0.1) is 12.8 Å². The highest BCUT2D eigenvalue weighted by Crippen LogP contribution is 2.29. The Balaban J connectivity index is 3.06. The van der Waals surface area contributed by atoms with Crippen molar-refractivity contribution in [1.29, 1.82) is 0 Å². The fraction of sp³-hybridized carbons (Fsp3) is 0.538. The fourth-order valence-corrected chi connectivity index (χ4v) is 2.33. The molecule has 16 heavy (non-hydrogen) atoms. The summed E-state index contributed by atoms with van der Waals surface area (Å²) in [4.78, 5) is 2.16. The SMILES string of the molecule is Cc1cc(C(C(C)CO)N(C)C)ccc1Br. The van der Waals surface area contributed by atoms with E-state index in [4.69, 9.17) is 0 Å². The molecule has 0 aliphatic heterocycles. The third-order valence-corrected chi connectivity index (χ3v) is 3.80. The van der Waals surface area contributed by atoms with Gasteiger partial charge in [0.1, 0.15) is 0 Å². The predicted molar refractivity (Wildman–Crippen MR) is 71.6 cm³/mol.